The zero-order chi connectivity index (χ0) is 15.1. The van der Waals surface area contributed by atoms with Gasteiger partial charge in [-0.15, -0.1) is 0 Å². The van der Waals surface area contributed by atoms with Crippen molar-refractivity contribution in [1.82, 2.24) is 5.32 Å². The molecule has 0 spiro atoms. The van der Waals surface area contributed by atoms with Crippen LogP contribution in [0.15, 0.2) is 24.3 Å². The van der Waals surface area contributed by atoms with Crippen LogP contribution in [-0.2, 0) is 4.79 Å². The van der Waals surface area contributed by atoms with E-state index in [0.29, 0.717) is 23.1 Å². The molecule has 0 bridgehead atoms. The second-order valence-corrected chi connectivity index (χ2v) is 5.63. The number of amides is 1. The molecule has 2 atom stereocenters. The number of ether oxygens (including phenoxy) is 1. The van der Waals surface area contributed by atoms with Crippen LogP contribution in [0.4, 0.5) is 0 Å². The molecular weight excluding hydrogens is 278 g/mol. The monoisotopic (exact) mass is 299 g/mol. The normalized spacial score (nSPS) is 13.9. The van der Waals surface area contributed by atoms with Gasteiger partial charge in [0.1, 0.15) is 5.75 Å². The summed E-state index contributed by atoms with van der Waals surface area (Å²) in [7, 11) is 0. The van der Waals surface area contributed by atoms with E-state index in [4.69, 9.17) is 16.3 Å². The molecule has 0 saturated carbocycles. The molecule has 1 rings (SSSR count). The molecule has 0 saturated heterocycles. The van der Waals surface area contributed by atoms with E-state index in [-0.39, 0.29) is 12.5 Å². The Kier molecular flexibility index (Phi) is 6.82. The second-order valence-electron chi connectivity index (χ2n) is 5.22. The van der Waals surface area contributed by atoms with Gasteiger partial charge in [0.05, 0.1) is 11.1 Å². The average molecular weight is 300 g/mol. The van der Waals surface area contributed by atoms with Crippen molar-refractivity contribution in [3.63, 3.8) is 0 Å². The lowest BCUT2D eigenvalue weighted by atomic mass is 10.1. The molecule has 5 heteroatoms. The summed E-state index contributed by atoms with van der Waals surface area (Å²) in [5.74, 6) is 0.589. The largest absolute Gasteiger partial charge is 0.479 e. The molecular formula is C15H22ClNO3. The van der Waals surface area contributed by atoms with Gasteiger partial charge in [-0.3, -0.25) is 4.79 Å². The van der Waals surface area contributed by atoms with Crippen LogP contribution in [0.2, 0.25) is 5.02 Å². The van der Waals surface area contributed by atoms with E-state index in [1.165, 1.54) is 0 Å². The number of hydrogen-bond acceptors (Lipinski definition) is 3. The first-order valence-electron chi connectivity index (χ1n) is 6.77. The Morgan fingerprint density at radius 3 is 2.60 bits per heavy atom. The van der Waals surface area contributed by atoms with Gasteiger partial charge >= 0.3 is 0 Å². The summed E-state index contributed by atoms with van der Waals surface area (Å²) in [6.45, 7) is 5.92. The number of halogens is 1. The zero-order valence-electron chi connectivity index (χ0n) is 12.1. The number of aliphatic hydroxyl groups is 1. The molecule has 112 valence electrons. The van der Waals surface area contributed by atoms with Crippen LogP contribution in [0.1, 0.15) is 27.2 Å². The third kappa shape index (κ3) is 5.80. The van der Waals surface area contributed by atoms with Crippen LogP contribution < -0.4 is 10.1 Å². The van der Waals surface area contributed by atoms with Crippen LogP contribution in [-0.4, -0.2) is 29.8 Å². The Balaban J connectivity index is 2.42. The minimum Gasteiger partial charge on any atom is -0.479 e. The Morgan fingerprint density at radius 2 is 2.00 bits per heavy atom. The lowest BCUT2D eigenvalue weighted by molar-refractivity contribution is -0.127. The quantitative estimate of drug-likeness (QED) is 0.814. The molecule has 0 radical (unpaired) electrons. The molecule has 0 aliphatic heterocycles. The van der Waals surface area contributed by atoms with E-state index in [1.54, 1.807) is 31.2 Å². The standard InChI is InChI=1S/C15H22ClNO3/c1-10(2)8-12(18)9-17-15(19)11(3)20-14-7-5-4-6-13(14)16/h4-7,10-12,18H,8-9H2,1-3H3,(H,17,19). The van der Waals surface area contributed by atoms with Gasteiger partial charge in [0, 0.05) is 6.54 Å². The maximum absolute atomic E-state index is 11.9. The van der Waals surface area contributed by atoms with Gasteiger partial charge in [0.2, 0.25) is 0 Å². The predicted octanol–water partition coefficient (Wildman–Crippen LogP) is 2.63. The number of para-hydroxylation sites is 1. The van der Waals surface area contributed by atoms with E-state index in [2.05, 4.69) is 5.32 Å². The van der Waals surface area contributed by atoms with Gasteiger partial charge in [-0.2, -0.15) is 0 Å². The van der Waals surface area contributed by atoms with E-state index in [9.17, 15) is 9.90 Å². The van der Waals surface area contributed by atoms with Crippen molar-refractivity contribution >= 4 is 17.5 Å². The first-order valence-corrected chi connectivity index (χ1v) is 7.15. The molecule has 0 heterocycles. The Labute approximate surface area is 125 Å². The number of aliphatic hydroxyl groups excluding tert-OH is 1. The van der Waals surface area contributed by atoms with Crippen LogP contribution in [0.5, 0.6) is 5.75 Å². The minimum absolute atomic E-state index is 0.229. The molecule has 0 aliphatic carbocycles. The molecule has 0 aliphatic rings. The fourth-order valence-electron chi connectivity index (χ4n) is 1.77. The molecule has 1 amide bonds. The summed E-state index contributed by atoms with van der Waals surface area (Å²) in [6.07, 6.45) is -0.548. The van der Waals surface area contributed by atoms with Crippen molar-refractivity contribution in [3.05, 3.63) is 29.3 Å². The summed E-state index contributed by atoms with van der Waals surface area (Å²) in [5, 5.41) is 12.8. The van der Waals surface area contributed by atoms with E-state index >= 15 is 0 Å². The Hall–Kier alpha value is -1.26. The van der Waals surface area contributed by atoms with Crippen molar-refractivity contribution in [2.24, 2.45) is 5.92 Å². The van der Waals surface area contributed by atoms with Crippen LogP contribution in [0.25, 0.3) is 0 Å². The molecule has 2 unspecified atom stereocenters. The van der Waals surface area contributed by atoms with Gasteiger partial charge in [-0.05, 0) is 31.4 Å². The summed E-state index contributed by atoms with van der Waals surface area (Å²) in [6, 6.07) is 6.99. The number of nitrogens with one attached hydrogen (secondary N) is 1. The molecule has 0 fully saturated rings. The van der Waals surface area contributed by atoms with Gasteiger partial charge < -0.3 is 15.2 Å². The SMILES string of the molecule is CC(C)CC(O)CNC(=O)C(C)Oc1ccccc1Cl. The first-order chi connectivity index (χ1) is 9.40. The highest BCUT2D eigenvalue weighted by Crippen LogP contribution is 2.24. The molecule has 1 aromatic carbocycles. The van der Waals surface area contributed by atoms with E-state index in [0.717, 1.165) is 0 Å². The third-order valence-electron chi connectivity index (χ3n) is 2.77. The summed E-state index contributed by atoms with van der Waals surface area (Å²) < 4.78 is 5.49. The molecule has 4 nitrogen and oxygen atoms in total. The number of benzene rings is 1. The van der Waals surface area contributed by atoms with Gasteiger partial charge in [-0.1, -0.05) is 37.6 Å². The Bertz CT molecular complexity index is 437. The average Bonchev–Trinajstić information content (AvgIpc) is 2.37. The highest BCUT2D eigenvalue weighted by molar-refractivity contribution is 6.32. The molecule has 20 heavy (non-hydrogen) atoms. The maximum atomic E-state index is 11.9. The third-order valence-corrected chi connectivity index (χ3v) is 3.08. The van der Waals surface area contributed by atoms with Gasteiger partial charge in [0.15, 0.2) is 6.10 Å². The molecule has 1 aromatic rings. The van der Waals surface area contributed by atoms with E-state index in [1.807, 2.05) is 13.8 Å². The Morgan fingerprint density at radius 1 is 1.35 bits per heavy atom. The smallest absolute Gasteiger partial charge is 0.260 e. The summed E-state index contributed by atoms with van der Waals surface area (Å²) >= 11 is 5.96. The van der Waals surface area contributed by atoms with Crippen molar-refractivity contribution in [2.45, 2.75) is 39.4 Å². The summed E-state index contributed by atoms with van der Waals surface area (Å²) in [5.41, 5.74) is 0. The van der Waals surface area contributed by atoms with Crippen molar-refractivity contribution in [1.29, 1.82) is 0 Å². The van der Waals surface area contributed by atoms with E-state index < -0.39 is 12.2 Å². The highest BCUT2D eigenvalue weighted by Gasteiger charge is 2.17. The fraction of sp³-hybridized carbons (Fsp3) is 0.533. The van der Waals surface area contributed by atoms with Crippen molar-refractivity contribution in [3.8, 4) is 5.75 Å². The van der Waals surface area contributed by atoms with Crippen LogP contribution >= 0.6 is 11.6 Å². The number of hydrogen-bond donors (Lipinski definition) is 2. The van der Waals surface area contributed by atoms with Gasteiger partial charge in [-0.25, -0.2) is 0 Å². The predicted molar refractivity (Wildman–Crippen MR) is 80.0 cm³/mol. The maximum Gasteiger partial charge on any atom is 0.260 e. The topological polar surface area (TPSA) is 58.6 Å². The molecule has 2 N–H and O–H groups in total. The molecule has 0 aromatic heterocycles. The lowest BCUT2D eigenvalue weighted by Crippen LogP contribution is -2.40. The second kappa shape index (κ2) is 8.12. The fourth-order valence-corrected chi connectivity index (χ4v) is 1.95. The van der Waals surface area contributed by atoms with Crippen LogP contribution in [0, 0.1) is 5.92 Å². The number of rotatable bonds is 7. The lowest BCUT2D eigenvalue weighted by Gasteiger charge is -2.18. The number of carbonyl (C=O) groups is 1. The number of carbonyl (C=O) groups excluding carboxylic acids is 1. The van der Waals surface area contributed by atoms with Gasteiger partial charge in [0.25, 0.3) is 5.91 Å². The minimum atomic E-state index is -0.666. The first kappa shape index (κ1) is 16.8. The van der Waals surface area contributed by atoms with Crippen molar-refractivity contribution in [2.75, 3.05) is 6.54 Å². The highest BCUT2D eigenvalue weighted by atomic mass is 35.5. The van der Waals surface area contributed by atoms with Crippen molar-refractivity contribution < 1.29 is 14.6 Å². The zero-order valence-corrected chi connectivity index (χ0v) is 12.9. The summed E-state index contributed by atoms with van der Waals surface area (Å²) in [4.78, 5) is 11.9. The van der Waals surface area contributed by atoms with Crippen LogP contribution in [0.3, 0.4) is 0 Å².